The first-order chi connectivity index (χ1) is 13.0. The molecule has 0 atom stereocenters. The molecule has 9 heteroatoms. The van der Waals surface area contributed by atoms with Crippen LogP contribution in [0.25, 0.3) is 0 Å². The zero-order valence-electron chi connectivity index (χ0n) is 15.4. The van der Waals surface area contributed by atoms with Crippen LogP contribution in [0.15, 0.2) is 27.1 Å². The zero-order chi connectivity index (χ0) is 19.4. The van der Waals surface area contributed by atoms with Crippen molar-refractivity contribution in [3.05, 3.63) is 52.6 Å². The molecule has 27 heavy (non-hydrogen) atoms. The van der Waals surface area contributed by atoms with Crippen LogP contribution < -0.4 is 9.47 Å². The van der Waals surface area contributed by atoms with E-state index < -0.39 is 5.97 Å². The summed E-state index contributed by atoms with van der Waals surface area (Å²) < 4.78 is 26.6. The van der Waals surface area contributed by atoms with Gasteiger partial charge in [-0.15, -0.1) is 10.2 Å². The number of benzene rings is 1. The summed E-state index contributed by atoms with van der Waals surface area (Å²) in [6.07, 6.45) is 0. The van der Waals surface area contributed by atoms with E-state index in [1.54, 1.807) is 25.1 Å². The van der Waals surface area contributed by atoms with Gasteiger partial charge in [0.15, 0.2) is 18.1 Å². The second-order valence-electron chi connectivity index (χ2n) is 5.75. The predicted octanol–water partition coefficient (Wildman–Crippen LogP) is 2.93. The number of nitrogens with zero attached hydrogens (tertiary/aromatic N) is 3. The highest BCUT2D eigenvalue weighted by Gasteiger charge is 2.15. The normalized spacial score (nSPS) is 10.7. The van der Waals surface area contributed by atoms with Crippen molar-refractivity contribution in [2.24, 2.45) is 0 Å². The van der Waals surface area contributed by atoms with E-state index in [1.807, 2.05) is 13.8 Å². The molecule has 142 valence electrons. The van der Waals surface area contributed by atoms with Crippen molar-refractivity contribution in [3.63, 3.8) is 0 Å². The predicted molar refractivity (Wildman–Crippen MR) is 91.5 cm³/mol. The molecule has 0 saturated heterocycles. The van der Waals surface area contributed by atoms with Gasteiger partial charge in [-0.05, 0) is 32.0 Å². The number of methoxy groups -OCH3 is 1. The van der Waals surface area contributed by atoms with Crippen molar-refractivity contribution >= 4 is 5.97 Å². The number of aryl methyl sites for hydroxylation is 3. The number of carbonyl (C=O) groups is 1. The number of carbonyl (C=O) groups excluding carboxylic acids is 1. The topological polar surface area (TPSA) is 110 Å². The van der Waals surface area contributed by atoms with Gasteiger partial charge < -0.3 is 23.2 Å². The largest absolute Gasteiger partial charge is 0.493 e. The third kappa shape index (κ3) is 4.25. The lowest BCUT2D eigenvalue weighted by atomic mass is 10.2. The molecule has 0 aliphatic carbocycles. The zero-order valence-corrected chi connectivity index (χ0v) is 15.4. The summed E-state index contributed by atoms with van der Waals surface area (Å²) in [5, 5.41) is 11.3. The highest BCUT2D eigenvalue weighted by Crippen LogP contribution is 2.30. The Hall–Kier alpha value is -3.36. The van der Waals surface area contributed by atoms with Gasteiger partial charge in [0.05, 0.1) is 23.9 Å². The van der Waals surface area contributed by atoms with Gasteiger partial charge in [0.1, 0.15) is 12.4 Å². The third-order valence-electron chi connectivity index (χ3n) is 3.85. The Balaban J connectivity index is 1.67. The maximum atomic E-state index is 12.2. The van der Waals surface area contributed by atoms with Crippen LogP contribution in [0.4, 0.5) is 0 Å². The number of hydrogen-bond donors (Lipinski definition) is 0. The first-order valence-corrected chi connectivity index (χ1v) is 8.16. The molecular weight excluding hydrogens is 354 g/mol. The molecular formula is C18H19N3O6. The first kappa shape index (κ1) is 18.4. The van der Waals surface area contributed by atoms with E-state index in [1.165, 1.54) is 7.11 Å². The molecule has 0 fully saturated rings. The van der Waals surface area contributed by atoms with Gasteiger partial charge in [0, 0.05) is 6.92 Å². The van der Waals surface area contributed by atoms with E-state index in [9.17, 15) is 4.79 Å². The van der Waals surface area contributed by atoms with Crippen molar-refractivity contribution in [1.82, 2.24) is 15.4 Å². The number of hydrogen-bond acceptors (Lipinski definition) is 9. The fraction of sp³-hybridized carbons (Fsp3) is 0.333. The van der Waals surface area contributed by atoms with E-state index in [0.29, 0.717) is 28.7 Å². The monoisotopic (exact) mass is 373 g/mol. The Bertz CT molecular complexity index is 927. The van der Waals surface area contributed by atoms with Crippen LogP contribution in [0.5, 0.6) is 11.5 Å². The highest BCUT2D eigenvalue weighted by atomic mass is 16.5. The molecule has 0 aliphatic heterocycles. The van der Waals surface area contributed by atoms with Crippen LogP contribution in [0.2, 0.25) is 0 Å². The van der Waals surface area contributed by atoms with E-state index in [4.69, 9.17) is 23.2 Å². The van der Waals surface area contributed by atoms with Crippen molar-refractivity contribution in [1.29, 1.82) is 0 Å². The minimum atomic E-state index is -0.540. The van der Waals surface area contributed by atoms with Crippen LogP contribution in [0.3, 0.4) is 0 Å². The Labute approximate surface area is 155 Å². The average Bonchev–Trinajstić information content (AvgIpc) is 3.23. The summed E-state index contributed by atoms with van der Waals surface area (Å²) in [4.78, 5) is 12.2. The van der Waals surface area contributed by atoms with Gasteiger partial charge in [0.25, 0.3) is 5.89 Å². The number of rotatable bonds is 7. The van der Waals surface area contributed by atoms with Crippen LogP contribution in [-0.2, 0) is 18.0 Å². The average molecular weight is 373 g/mol. The number of ether oxygens (including phenoxy) is 3. The molecule has 0 unspecified atom stereocenters. The standard InChI is InChI=1S/C18H19N3O6/c1-10-14(11(2)27-21-10)8-24-15-6-5-13(7-16(15)23-4)18(22)25-9-17-20-19-12(3)26-17/h5-7H,8-9H2,1-4H3. The lowest BCUT2D eigenvalue weighted by Gasteiger charge is -2.12. The van der Waals surface area contributed by atoms with Crippen molar-refractivity contribution in [2.45, 2.75) is 34.0 Å². The van der Waals surface area contributed by atoms with E-state index in [2.05, 4.69) is 15.4 Å². The molecule has 9 nitrogen and oxygen atoms in total. The van der Waals surface area contributed by atoms with Gasteiger partial charge in [-0.3, -0.25) is 0 Å². The molecule has 3 aromatic rings. The summed E-state index contributed by atoms with van der Waals surface area (Å²) >= 11 is 0. The van der Waals surface area contributed by atoms with Crippen LogP contribution in [0, 0.1) is 20.8 Å². The molecule has 0 radical (unpaired) electrons. The van der Waals surface area contributed by atoms with E-state index in [-0.39, 0.29) is 19.1 Å². The quantitative estimate of drug-likeness (QED) is 0.577. The molecule has 3 rings (SSSR count). The maximum absolute atomic E-state index is 12.2. The Kier molecular flexibility index (Phi) is 5.39. The molecule has 0 amide bonds. The second-order valence-corrected chi connectivity index (χ2v) is 5.75. The third-order valence-corrected chi connectivity index (χ3v) is 3.85. The lowest BCUT2D eigenvalue weighted by molar-refractivity contribution is 0.0436. The fourth-order valence-corrected chi connectivity index (χ4v) is 2.38. The summed E-state index contributed by atoms with van der Waals surface area (Å²) in [5.41, 5.74) is 1.95. The van der Waals surface area contributed by atoms with E-state index >= 15 is 0 Å². The highest BCUT2D eigenvalue weighted by molar-refractivity contribution is 5.90. The minimum Gasteiger partial charge on any atom is -0.493 e. The van der Waals surface area contributed by atoms with Crippen LogP contribution in [-0.4, -0.2) is 28.4 Å². The van der Waals surface area contributed by atoms with Gasteiger partial charge in [-0.1, -0.05) is 5.16 Å². The number of aromatic nitrogens is 3. The lowest BCUT2D eigenvalue weighted by Crippen LogP contribution is -2.06. The SMILES string of the molecule is COc1cc(C(=O)OCc2nnc(C)o2)ccc1OCc1c(C)noc1C. The van der Waals surface area contributed by atoms with Crippen molar-refractivity contribution in [2.75, 3.05) is 7.11 Å². The molecule has 0 N–H and O–H groups in total. The minimum absolute atomic E-state index is 0.105. The molecule has 0 bridgehead atoms. The van der Waals surface area contributed by atoms with Crippen LogP contribution in [0.1, 0.15) is 39.2 Å². The van der Waals surface area contributed by atoms with Crippen molar-refractivity contribution in [3.8, 4) is 11.5 Å². The number of esters is 1. The molecule has 0 spiro atoms. The molecule has 0 aliphatic rings. The fourth-order valence-electron chi connectivity index (χ4n) is 2.38. The maximum Gasteiger partial charge on any atom is 0.338 e. The van der Waals surface area contributed by atoms with Gasteiger partial charge in [-0.2, -0.15) is 0 Å². The van der Waals surface area contributed by atoms with Gasteiger partial charge in [-0.25, -0.2) is 4.79 Å². The van der Waals surface area contributed by atoms with Gasteiger partial charge in [0.2, 0.25) is 5.89 Å². The summed E-state index contributed by atoms with van der Waals surface area (Å²) in [6, 6.07) is 4.78. The first-order valence-electron chi connectivity index (χ1n) is 8.16. The summed E-state index contributed by atoms with van der Waals surface area (Å²) in [6.45, 7) is 5.49. The Morgan fingerprint density at radius 2 is 1.93 bits per heavy atom. The Morgan fingerprint density at radius 3 is 2.56 bits per heavy atom. The van der Waals surface area contributed by atoms with Crippen LogP contribution >= 0.6 is 0 Å². The van der Waals surface area contributed by atoms with Crippen molar-refractivity contribution < 1.29 is 27.9 Å². The molecule has 1 aromatic carbocycles. The molecule has 0 saturated carbocycles. The summed E-state index contributed by atoms with van der Waals surface area (Å²) in [5.74, 6) is 1.69. The smallest absolute Gasteiger partial charge is 0.338 e. The summed E-state index contributed by atoms with van der Waals surface area (Å²) in [7, 11) is 1.49. The molecule has 2 aromatic heterocycles. The van der Waals surface area contributed by atoms with Gasteiger partial charge >= 0.3 is 5.97 Å². The molecule has 2 heterocycles. The second kappa shape index (κ2) is 7.90. The van der Waals surface area contributed by atoms with E-state index in [0.717, 1.165) is 11.3 Å². The Morgan fingerprint density at radius 1 is 1.11 bits per heavy atom.